The van der Waals surface area contributed by atoms with Crippen molar-refractivity contribution < 1.29 is 8.78 Å². The smallest absolute Gasteiger partial charge is 0.145 e. The van der Waals surface area contributed by atoms with Crippen LogP contribution in [0.15, 0.2) is 24.4 Å². The van der Waals surface area contributed by atoms with Gasteiger partial charge < -0.3 is 10.2 Å². The summed E-state index contributed by atoms with van der Waals surface area (Å²) in [4.78, 5) is 6.40. The van der Waals surface area contributed by atoms with E-state index in [1.54, 1.807) is 6.07 Å². The second kappa shape index (κ2) is 7.32. The first-order valence-corrected chi connectivity index (χ1v) is 8.35. The minimum Gasteiger partial charge on any atom is -0.314 e. The average molecular weight is 319 g/mol. The lowest BCUT2D eigenvalue weighted by molar-refractivity contribution is 0.200. The minimum atomic E-state index is -0.349. The van der Waals surface area contributed by atoms with Gasteiger partial charge in [-0.25, -0.2) is 8.78 Å². The van der Waals surface area contributed by atoms with Crippen molar-refractivity contribution in [2.24, 2.45) is 0 Å². The van der Waals surface area contributed by atoms with Gasteiger partial charge in [-0.15, -0.1) is 0 Å². The van der Waals surface area contributed by atoms with E-state index in [0.29, 0.717) is 28.9 Å². The van der Waals surface area contributed by atoms with Crippen LogP contribution in [0.4, 0.5) is 8.78 Å². The Morgan fingerprint density at radius 3 is 2.78 bits per heavy atom. The van der Waals surface area contributed by atoms with E-state index in [0.717, 1.165) is 39.0 Å². The van der Waals surface area contributed by atoms with Crippen molar-refractivity contribution in [3.63, 3.8) is 0 Å². The monoisotopic (exact) mass is 319 g/mol. The van der Waals surface area contributed by atoms with Gasteiger partial charge in [-0.05, 0) is 57.1 Å². The van der Waals surface area contributed by atoms with E-state index in [-0.39, 0.29) is 11.6 Å². The third-order valence-corrected chi connectivity index (χ3v) is 4.65. The zero-order valence-electron chi connectivity index (χ0n) is 13.5. The summed E-state index contributed by atoms with van der Waals surface area (Å²) < 4.78 is 27.6. The maximum atomic E-state index is 14.2. The van der Waals surface area contributed by atoms with Gasteiger partial charge in [-0.2, -0.15) is 0 Å². The number of hydrogen-bond acceptors (Lipinski definition) is 3. The minimum absolute atomic E-state index is 0.342. The van der Waals surface area contributed by atoms with Gasteiger partial charge >= 0.3 is 0 Å². The molecule has 1 aromatic heterocycles. The molecular formula is C18H23F2N3. The Morgan fingerprint density at radius 2 is 2.04 bits per heavy atom. The zero-order chi connectivity index (χ0) is 16.2. The molecule has 0 bridgehead atoms. The first kappa shape index (κ1) is 16.3. The molecule has 1 aliphatic rings. The van der Waals surface area contributed by atoms with E-state index < -0.39 is 0 Å². The number of halogens is 2. The third-order valence-electron chi connectivity index (χ3n) is 4.65. The van der Waals surface area contributed by atoms with Gasteiger partial charge in [0.05, 0.1) is 11.7 Å². The Labute approximate surface area is 135 Å². The topological polar surface area (TPSA) is 28.2 Å². The second-order valence-electron chi connectivity index (χ2n) is 6.17. The number of rotatable bonds is 5. The highest BCUT2D eigenvalue weighted by molar-refractivity contribution is 5.82. The lowest BCUT2D eigenvalue weighted by Gasteiger charge is -2.32. The van der Waals surface area contributed by atoms with Gasteiger partial charge in [0.25, 0.3) is 0 Å². The first-order valence-electron chi connectivity index (χ1n) is 8.35. The fourth-order valence-corrected chi connectivity index (χ4v) is 3.37. The van der Waals surface area contributed by atoms with Crippen LogP contribution in [0.5, 0.6) is 0 Å². The molecular weight excluding hydrogens is 296 g/mol. The summed E-state index contributed by atoms with van der Waals surface area (Å²) in [5.74, 6) is -0.691. The zero-order valence-corrected chi connectivity index (χ0v) is 13.5. The molecule has 0 atom stereocenters. The predicted octanol–water partition coefficient (Wildman–Crippen LogP) is 3.13. The number of piperidine rings is 1. The van der Waals surface area contributed by atoms with Crippen LogP contribution in [0.25, 0.3) is 10.9 Å². The summed E-state index contributed by atoms with van der Waals surface area (Å²) in [6.45, 7) is 5.98. The Bertz CT molecular complexity index is 661. The van der Waals surface area contributed by atoms with E-state index in [1.807, 2.05) is 0 Å². The average Bonchev–Trinajstić information content (AvgIpc) is 2.55. The standard InChI is InChI=1S/C18H23F2N3/c1-2-21-14-5-8-23(9-6-14)10-7-15-16-11-13(19)3-4-18(16)22-12-17(15)20/h3-4,11-12,14,21H,2,5-10H2,1H3. The fraction of sp³-hybridized carbons (Fsp3) is 0.500. The number of aromatic nitrogens is 1. The molecule has 0 spiro atoms. The lowest BCUT2D eigenvalue weighted by atomic mass is 10.0. The van der Waals surface area contributed by atoms with Crippen molar-refractivity contribution in [2.75, 3.05) is 26.2 Å². The summed E-state index contributed by atoms with van der Waals surface area (Å²) in [5.41, 5.74) is 1.22. The van der Waals surface area contributed by atoms with Crippen molar-refractivity contribution >= 4 is 10.9 Å². The van der Waals surface area contributed by atoms with E-state index in [1.165, 1.54) is 18.3 Å². The highest BCUT2D eigenvalue weighted by Crippen LogP contribution is 2.22. The Kier molecular flexibility index (Phi) is 5.18. The normalized spacial score (nSPS) is 17.0. The molecule has 1 aliphatic heterocycles. The van der Waals surface area contributed by atoms with Crippen molar-refractivity contribution in [3.8, 4) is 0 Å². The maximum absolute atomic E-state index is 14.2. The number of benzene rings is 1. The van der Waals surface area contributed by atoms with Gasteiger partial charge in [-0.3, -0.25) is 4.98 Å². The van der Waals surface area contributed by atoms with Gasteiger partial charge in [0.15, 0.2) is 0 Å². The molecule has 23 heavy (non-hydrogen) atoms. The van der Waals surface area contributed by atoms with Gasteiger partial charge in [0.1, 0.15) is 11.6 Å². The third kappa shape index (κ3) is 3.85. The molecule has 3 rings (SSSR count). The summed E-state index contributed by atoms with van der Waals surface area (Å²) in [6.07, 6.45) is 4.08. The summed E-state index contributed by atoms with van der Waals surface area (Å²) in [7, 11) is 0. The van der Waals surface area contributed by atoms with Crippen LogP contribution < -0.4 is 5.32 Å². The summed E-state index contributed by atoms with van der Waals surface area (Å²) in [6, 6.07) is 4.96. The maximum Gasteiger partial charge on any atom is 0.145 e. The van der Waals surface area contributed by atoms with Gasteiger partial charge in [0, 0.05) is 23.5 Å². The molecule has 1 aromatic carbocycles. The molecule has 3 nitrogen and oxygen atoms in total. The van der Waals surface area contributed by atoms with Crippen LogP contribution in [-0.4, -0.2) is 42.1 Å². The molecule has 1 N–H and O–H groups in total. The predicted molar refractivity (Wildman–Crippen MR) is 88.5 cm³/mol. The highest BCUT2D eigenvalue weighted by atomic mass is 19.1. The van der Waals surface area contributed by atoms with E-state index in [2.05, 4.69) is 22.1 Å². The van der Waals surface area contributed by atoms with Crippen LogP contribution in [0, 0.1) is 11.6 Å². The second-order valence-corrected chi connectivity index (χ2v) is 6.17. The van der Waals surface area contributed by atoms with Crippen LogP contribution >= 0.6 is 0 Å². The van der Waals surface area contributed by atoms with Crippen LogP contribution in [0.3, 0.4) is 0 Å². The van der Waals surface area contributed by atoms with E-state index in [9.17, 15) is 8.78 Å². The van der Waals surface area contributed by atoms with Crippen LogP contribution in [-0.2, 0) is 6.42 Å². The van der Waals surface area contributed by atoms with E-state index >= 15 is 0 Å². The molecule has 0 unspecified atom stereocenters. The molecule has 1 saturated heterocycles. The molecule has 0 saturated carbocycles. The summed E-state index contributed by atoms with van der Waals surface area (Å²) >= 11 is 0. The SMILES string of the molecule is CCNC1CCN(CCc2c(F)cnc3ccc(F)cc23)CC1. The fourth-order valence-electron chi connectivity index (χ4n) is 3.37. The molecule has 2 heterocycles. The molecule has 2 aromatic rings. The van der Waals surface area contributed by atoms with Gasteiger partial charge in [0.2, 0.25) is 0 Å². The molecule has 1 fully saturated rings. The Balaban J connectivity index is 1.68. The van der Waals surface area contributed by atoms with Crippen molar-refractivity contribution in [2.45, 2.75) is 32.2 Å². The van der Waals surface area contributed by atoms with Crippen molar-refractivity contribution in [1.29, 1.82) is 0 Å². The highest BCUT2D eigenvalue weighted by Gasteiger charge is 2.19. The van der Waals surface area contributed by atoms with Crippen molar-refractivity contribution in [3.05, 3.63) is 41.6 Å². The number of pyridine rings is 1. The molecule has 5 heteroatoms. The van der Waals surface area contributed by atoms with Crippen molar-refractivity contribution in [1.82, 2.24) is 15.2 Å². The number of likely N-dealkylation sites (tertiary alicyclic amines) is 1. The lowest BCUT2D eigenvalue weighted by Crippen LogP contribution is -2.43. The molecule has 0 aliphatic carbocycles. The Hall–Kier alpha value is -1.59. The first-order chi connectivity index (χ1) is 11.2. The number of nitrogens with zero attached hydrogens (tertiary/aromatic N) is 2. The Morgan fingerprint density at radius 1 is 1.26 bits per heavy atom. The molecule has 124 valence electrons. The molecule has 0 radical (unpaired) electrons. The van der Waals surface area contributed by atoms with E-state index in [4.69, 9.17) is 0 Å². The molecule has 0 amide bonds. The van der Waals surface area contributed by atoms with Crippen LogP contribution in [0.2, 0.25) is 0 Å². The number of nitrogens with one attached hydrogen (secondary N) is 1. The summed E-state index contributed by atoms with van der Waals surface area (Å²) in [5, 5.41) is 4.07. The largest absolute Gasteiger partial charge is 0.314 e. The number of fused-ring (bicyclic) bond motifs is 1. The quantitative estimate of drug-likeness (QED) is 0.918. The number of hydrogen-bond donors (Lipinski definition) is 1. The van der Waals surface area contributed by atoms with Crippen LogP contribution in [0.1, 0.15) is 25.3 Å². The van der Waals surface area contributed by atoms with Gasteiger partial charge in [-0.1, -0.05) is 6.92 Å².